The van der Waals surface area contributed by atoms with E-state index in [1.807, 2.05) is 66.7 Å². The highest BCUT2D eigenvalue weighted by Crippen LogP contribution is 2.31. The zero-order valence-corrected chi connectivity index (χ0v) is 12.9. The second-order valence-corrected chi connectivity index (χ2v) is 5.30. The molecule has 3 heteroatoms. The Kier molecular flexibility index (Phi) is 4.39. The van der Waals surface area contributed by atoms with Crippen LogP contribution in [0.25, 0.3) is 11.1 Å². The molecule has 0 saturated carbocycles. The van der Waals surface area contributed by atoms with Gasteiger partial charge in [0.15, 0.2) is 0 Å². The minimum Gasteiger partial charge on any atom is -0.354 e. The minimum atomic E-state index is -0.0893. The smallest absolute Gasteiger partial charge is 0.221 e. The van der Waals surface area contributed by atoms with Crippen LogP contribution in [0.3, 0.4) is 0 Å². The van der Waals surface area contributed by atoms with Crippen molar-refractivity contribution in [3.63, 3.8) is 0 Å². The van der Waals surface area contributed by atoms with Crippen LogP contribution < -0.4 is 10.6 Å². The number of amides is 1. The zero-order valence-electron chi connectivity index (χ0n) is 12.9. The molecule has 3 rings (SSSR count). The molecular formula is C20H18N2O. The molecule has 0 saturated heterocycles. The third kappa shape index (κ3) is 3.77. The van der Waals surface area contributed by atoms with Crippen LogP contribution in [-0.4, -0.2) is 5.91 Å². The number of para-hydroxylation sites is 1. The van der Waals surface area contributed by atoms with Gasteiger partial charge in [0.25, 0.3) is 0 Å². The largest absolute Gasteiger partial charge is 0.354 e. The molecule has 0 atom stereocenters. The Morgan fingerprint density at radius 1 is 0.739 bits per heavy atom. The molecule has 3 nitrogen and oxygen atoms in total. The van der Waals surface area contributed by atoms with Crippen molar-refractivity contribution in [1.82, 2.24) is 0 Å². The number of hydrogen-bond acceptors (Lipinski definition) is 2. The van der Waals surface area contributed by atoms with E-state index in [0.29, 0.717) is 0 Å². The van der Waals surface area contributed by atoms with E-state index in [2.05, 4.69) is 22.8 Å². The molecule has 0 unspecified atom stereocenters. The minimum absolute atomic E-state index is 0.0893. The lowest BCUT2D eigenvalue weighted by Gasteiger charge is -2.14. The third-order valence-electron chi connectivity index (χ3n) is 3.49. The van der Waals surface area contributed by atoms with Crippen molar-refractivity contribution in [2.24, 2.45) is 0 Å². The molecule has 0 radical (unpaired) electrons. The van der Waals surface area contributed by atoms with Gasteiger partial charge in [0.1, 0.15) is 0 Å². The molecule has 3 aromatic rings. The van der Waals surface area contributed by atoms with E-state index < -0.39 is 0 Å². The topological polar surface area (TPSA) is 41.1 Å². The molecule has 1 amide bonds. The first kappa shape index (κ1) is 14.9. The average Bonchev–Trinajstić information content (AvgIpc) is 2.58. The van der Waals surface area contributed by atoms with Gasteiger partial charge < -0.3 is 10.6 Å². The van der Waals surface area contributed by atoms with E-state index in [1.54, 1.807) is 0 Å². The molecule has 0 aliphatic heterocycles. The first-order valence-electron chi connectivity index (χ1n) is 7.51. The number of carbonyl (C=O) groups excluding carboxylic acids is 1. The molecule has 2 N–H and O–H groups in total. The van der Waals surface area contributed by atoms with Gasteiger partial charge in [-0.1, -0.05) is 54.6 Å². The van der Waals surface area contributed by atoms with Crippen LogP contribution in [0.2, 0.25) is 0 Å². The number of nitrogens with one attached hydrogen (secondary N) is 2. The normalized spacial score (nSPS) is 10.1. The number of anilines is 3. The number of rotatable bonds is 4. The molecule has 3 aromatic carbocycles. The van der Waals surface area contributed by atoms with Gasteiger partial charge in [0.05, 0.1) is 11.4 Å². The number of carbonyl (C=O) groups is 1. The van der Waals surface area contributed by atoms with E-state index in [9.17, 15) is 4.79 Å². The highest BCUT2D eigenvalue weighted by molar-refractivity contribution is 5.94. The summed E-state index contributed by atoms with van der Waals surface area (Å²) < 4.78 is 0. The van der Waals surface area contributed by atoms with Gasteiger partial charge in [-0.05, 0) is 35.4 Å². The Bertz CT molecular complexity index is 798. The van der Waals surface area contributed by atoms with Crippen LogP contribution in [0.5, 0.6) is 0 Å². The van der Waals surface area contributed by atoms with Crippen molar-refractivity contribution in [2.75, 3.05) is 10.6 Å². The van der Waals surface area contributed by atoms with Gasteiger partial charge in [-0.3, -0.25) is 4.79 Å². The van der Waals surface area contributed by atoms with Crippen LogP contribution in [-0.2, 0) is 4.79 Å². The molecule has 0 aliphatic carbocycles. The third-order valence-corrected chi connectivity index (χ3v) is 3.49. The summed E-state index contributed by atoms with van der Waals surface area (Å²) in [5.74, 6) is -0.0893. The summed E-state index contributed by atoms with van der Waals surface area (Å²) in [5, 5.41) is 6.24. The van der Waals surface area contributed by atoms with Crippen molar-refractivity contribution in [2.45, 2.75) is 6.92 Å². The Hall–Kier alpha value is -3.07. The summed E-state index contributed by atoms with van der Waals surface area (Å²) in [7, 11) is 0. The van der Waals surface area contributed by atoms with E-state index in [-0.39, 0.29) is 5.91 Å². The Balaban J connectivity index is 2.00. The Morgan fingerprint density at radius 3 is 2.04 bits per heavy atom. The average molecular weight is 302 g/mol. The lowest BCUT2D eigenvalue weighted by molar-refractivity contribution is -0.114. The molecule has 114 valence electrons. The second-order valence-electron chi connectivity index (χ2n) is 5.30. The predicted octanol–water partition coefficient (Wildman–Crippen LogP) is 5.06. The van der Waals surface area contributed by atoms with Crippen LogP contribution in [0, 0.1) is 0 Å². The first-order valence-corrected chi connectivity index (χ1v) is 7.51. The lowest BCUT2D eigenvalue weighted by Crippen LogP contribution is -2.08. The summed E-state index contributed by atoms with van der Waals surface area (Å²) in [4.78, 5) is 11.4. The number of benzene rings is 3. The predicted molar refractivity (Wildman–Crippen MR) is 95.9 cm³/mol. The quantitative estimate of drug-likeness (QED) is 0.707. The van der Waals surface area contributed by atoms with E-state index in [4.69, 9.17) is 0 Å². The van der Waals surface area contributed by atoms with Gasteiger partial charge in [0, 0.05) is 12.6 Å². The number of hydrogen-bond donors (Lipinski definition) is 2. The monoisotopic (exact) mass is 302 g/mol. The van der Waals surface area contributed by atoms with Crippen LogP contribution in [0.4, 0.5) is 17.1 Å². The fourth-order valence-corrected chi connectivity index (χ4v) is 2.43. The maximum Gasteiger partial charge on any atom is 0.221 e. The summed E-state index contributed by atoms with van der Waals surface area (Å²) >= 11 is 0. The molecule has 23 heavy (non-hydrogen) atoms. The zero-order chi connectivity index (χ0) is 16.1. The summed E-state index contributed by atoms with van der Waals surface area (Å²) in [6.07, 6.45) is 0. The SMILES string of the molecule is CC(=O)Nc1ccc(-c2ccccc2)cc1Nc1ccccc1. The summed E-state index contributed by atoms with van der Waals surface area (Å²) in [6, 6.07) is 26.1. The second kappa shape index (κ2) is 6.79. The standard InChI is InChI=1S/C20H18N2O/c1-15(23)21-19-13-12-17(16-8-4-2-5-9-16)14-20(19)22-18-10-6-3-7-11-18/h2-14,22H,1H3,(H,21,23). The van der Waals surface area contributed by atoms with Gasteiger partial charge in [-0.2, -0.15) is 0 Å². The van der Waals surface area contributed by atoms with Gasteiger partial charge in [-0.15, -0.1) is 0 Å². The molecule has 0 heterocycles. The van der Waals surface area contributed by atoms with Crippen molar-refractivity contribution < 1.29 is 4.79 Å². The van der Waals surface area contributed by atoms with Gasteiger partial charge in [-0.25, -0.2) is 0 Å². The fraction of sp³-hybridized carbons (Fsp3) is 0.0500. The van der Waals surface area contributed by atoms with Gasteiger partial charge >= 0.3 is 0 Å². The molecule has 0 spiro atoms. The fourth-order valence-electron chi connectivity index (χ4n) is 2.43. The lowest BCUT2D eigenvalue weighted by atomic mass is 10.0. The molecule has 0 bridgehead atoms. The Labute approximate surface area is 136 Å². The first-order chi connectivity index (χ1) is 11.2. The van der Waals surface area contributed by atoms with Crippen LogP contribution >= 0.6 is 0 Å². The van der Waals surface area contributed by atoms with E-state index in [1.165, 1.54) is 6.92 Å². The molecule has 0 fully saturated rings. The highest BCUT2D eigenvalue weighted by atomic mass is 16.1. The highest BCUT2D eigenvalue weighted by Gasteiger charge is 2.07. The van der Waals surface area contributed by atoms with Gasteiger partial charge in [0.2, 0.25) is 5.91 Å². The van der Waals surface area contributed by atoms with Crippen molar-refractivity contribution in [1.29, 1.82) is 0 Å². The maximum absolute atomic E-state index is 11.4. The maximum atomic E-state index is 11.4. The summed E-state index contributed by atoms with van der Waals surface area (Å²) in [6.45, 7) is 1.51. The molecule has 0 aliphatic rings. The van der Waals surface area contributed by atoms with E-state index >= 15 is 0 Å². The van der Waals surface area contributed by atoms with Crippen molar-refractivity contribution >= 4 is 23.0 Å². The van der Waals surface area contributed by atoms with Crippen LogP contribution in [0.15, 0.2) is 78.9 Å². The van der Waals surface area contributed by atoms with E-state index in [0.717, 1.165) is 28.2 Å². The van der Waals surface area contributed by atoms with Crippen molar-refractivity contribution in [3.8, 4) is 11.1 Å². The Morgan fingerprint density at radius 2 is 1.39 bits per heavy atom. The van der Waals surface area contributed by atoms with Crippen molar-refractivity contribution in [3.05, 3.63) is 78.9 Å². The van der Waals surface area contributed by atoms with Crippen LogP contribution in [0.1, 0.15) is 6.92 Å². The molecule has 0 aromatic heterocycles. The summed E-state index contributed by atoms with van der Waals surface area (Å²) in [5.41, 5.74) is 4.84. The molecular weight excluding hydrogens is 284 g/mol.